The number of carbonyl (C=O) groups is 3. The van der Waals surface area contributed by atoms with Gasteiger partial charge in [-0.2, -0.15) is 0 Å². The molecule has 3 unspecified atom stereocenters. The average Bonchev–Trinajstić information content (AvgIpc) is 3.03. The monoisotopic (exact) mass is 579 g/mol. The topological polar surface area (TPSA) is 120 Å². The summed E-state index contributed by atoms with van der Waals surface area (Å²) in [6, 6.07) is 12.0. The Labute approximate surface area is 249 Å². The van der Waals surface area contributed by atoms with E-state index in [1.165, 1.54) is 0 Å². The second kappa shape index (κ2) is 14.9. The number of piperidine rings is 1. The van der Waals surface area contributed by atoms with Crippen LogP contribution >= 0.6 is 0 Å². The van der Waals surface area contributed by atoms with Gasteiger partial charge in [0, 0.05) is 6.54 Å². The van der Waals surface area contributed by atoms with Crippen molar-refractivity contribution in [3.05, 3.63) is 53.6 Å². The van der Waals surface area contributed by atoms with Gasteiger partial charge in [0.25, 0.3) is 0 Å². The predicted octanol–water partition coefficient (Wildman–Crippen LogP) is 4.36. The number of hydrogen-bond donors (Lipinski definition) is 2. The van der Waals surface area contributed by atoms with Gasteiger partial charge in [0.2, 0.25) is 23.5 Å². The minimum atomic E-state index is -0.819. The predicted molar refractivity (Wildman–Crippen MR) is 161 cm³/mol. The summed E-state index contributed by atoms with van der Waals surface area (Å²) in [6.45, 7) is 0.482. The van der Waals surface area contributed by atoms with Crippen LogP contribution in [0.2, 0.25) is 0 Å². The second-order valence-electron chi connectivity index (χ2n) is 11.4. The molecule has 1 aliphatic carbocycles. The van der Waals surface area contributed by atoms with Crippen molar-refractivity contribution < 1.29 is 28.6 Å². The molecule has 42 heavy (non-hydrogen) atoms. The maximum Gasteiger partial charge on any atom is 0.243 e. The Balaban J connectivity index is 1.60. The van der Waals surface area contributed by atoms with E-state index in [0.717, 1.165) is 56.1 Å². The summed E-state index contributed by atoms with van der Waals surface area (Å²) in [4.78, 5) is 42.3. The fourth-order valence-electron chi connectivity index (χ4n) is 6.52. The van der Waals surface area contributed by atoms with Gasteiger partial charge in [-0.1, -0.05) is 49.6 Å². The van der Waals surface area contributed by atoms with Crippen LogP contribution in [0.25, 0.3) is 0 Å². The van der Waals surface area contributed by atoms with Crippen LogP contribution < -0.4 is 25.3 Å². The number of carbonyl (C=O) groups excluding carboxylic acids is 3. The lowest BCUT2D eigenvalue weighted by molar-refractivity contribution is -0.145. The van der Waals surface area contributed by atoms with Gasteiger partial charge in [0.1, 0.15) is 12.1 Å². The number of nitrogens with two attached hydrogens (primary N) is 1. The average molecular weight is 580 g/mol. The molecule has 1 aliphatic heterocycles. The van der Waals surface area contributed by atoms with E-state index >= 15 is 0 Å². The summed E-state index contributed by atoms with van der Waals surface area (Å²) >= 11 is 0. The van der Waals surface area contributed by atoms with Crippen LogP contribution in [0.15, 0.2) is 42.5 Å². The van der Waals surface area contributed by atoms with Crippen LogP contribution in [-0.4, -0.2) is 62.6 Å². The molecule has 0 bridgehead atoms. The molecule has 0 aromatic heterocycles. The first kappa shape index (κ1) is 31.2. The van der Waals surface area contributed by atoms with Gasteiger partial charge in [-0.15, -0.1) is 0 Å². The van der Waals surface area contributed by atoms with E-state index in [0.29, 0.717) is 43.1 Å². The molecule has 3 atom stereocenters. The van der Waals surface area contributed by atoms with Crippen molar-refractivity contribution in [3.8, 4) is 17.2 Å². The van der Waals surface area contributed by atoms with E-state index in [1.54, 1.807) is 26.2 Å². The molecule has 4 rings (SSSR count). The molecule has 1 heterocycles. The van der Waals surface area contributed by atoms with Crippen LogP contribution in [0.3, 0.4) is 0 Å². The second-order valence-corrected chi connectivity index (χ2v) is 11.4. The Morgan fingerprint density at radius 1 is 0.905 bits per heavy atom. The van der Waals surface area contributed by atoms with Gasteiger partial charge in [-0.05, 0) is 74.1 Å². The molecule has 0 spiro atoms. The van der Waals surface area contributed by atoms with E-state index in [9.17, 15) is 14.4 Å². The van der Waals surface area contributed by atoms with Gasteiger partial charge < -0.3 is 30.2 Å². The molecule has 228 valence electrons. The van der Waals surface area contributed by atoms with E-state index in [2.05, 4.69) is 5.32 Å². The Kier molecular flexibility index (Phi) is 11.1. The number of likely N-dealkylation sites (tertiary alicyclic amines) is 1. The highest BCUT2D eigenvalue weighted by atomic mass is 16.5. The van der Waals surface area contributed by atoms with Crippen LogP contribution in [0.4, 0.5) is 0 Å². The van der Waals surface area contributed by atoms with Crippen molar-refractivity contribution in [2.45, 2.75) is 82.2 Å². The summed E-state index contributed by atoms with van der Waals surface area (Å²) in [5, 5.41) is 2.89. The third-order valence-corrected chi connectivity index (χ3v) is 8.75. The van der Waals surface area contributed by atoms with Crippen molar-refractivity contribution >= 4 is 17.7 Å². The fraction of sp³-hybridized carbons (Fsp3) is 0.545. The third-order valence-electron chi connectivity index (χ3n) is 8.75. The standard InChI is InChI=1S/C33H45N3O6/c1-40-27-20-24(21-28(41-2)30(27)42-3)29(23-14-8-5-9-15-23)33(39)36-19-11-10-16-26(36)32(38)35-25(31(34)37)18-17-22-12-6-4-7-13-22/h4,6-7,12-13,20-21,23,25-26,29H,5,8-11,14-19H2,1-3H3,(H2,34,37)(H,35,38). The minimum Gasteiger partial charge on any atom is -0.493 e. The molecule has 9 heteroatoms. The lowest BCUT2D eigenvalue weighted by Crippen LogP contribution is -2.57. The number of rotatable bonds is 12. The Bertz CT molecular complexity index is 1190. The molecular formula is C33H45N3O6. The van der Waals surface area contributed by atoms with Gasteiger partial charge in [0.15, 0.2) is 11.5 Å². The maximum absolute atomic E-state index is 14.5. The molecule has 1 saturated heterocycles. The van der Waals surface area contributed by atoms with Crippen molar-refractivity contribution in [2.75, 3.05) is 27.9 Å². The quantitative estimate of drug-likeness (QED) is 0.386. The van der Waals surface area contributed by atoms with Crippen LogP contribution in [0, 0.1) is 5.92 Å². The van der Waals surface area contributed by atoms with Crippen LogP contribution in [-0.2, 0) is 20.8 Å². The summed E-state index contributed by atoms with van der Waals surface area (Å²) in [7, 11) is 4.69. The molecule has 2 aromatic rings. The van der Waals surface area contributed by atoms with Gasteiger partial charge in [-0.25, -0.2) is 0 Å². The number of primary amides is 1. The number of aryl methyl sites for hydroxylation is 1. The van der Waals surface area contributed by atoms with E-state index < -0.39 is 23.9 Å². The SMILES string of the molecule is COc1cc(C(C(=O)N2CCCCC2C(=O)NC(CCc2ccccc2)C(N)=O)C2CCCCC2)cc(OC)c1OC. The molecule has 2 fully saturated rings. The largest absolute Gasteiger partial charge is 0.493 e. The van der Waals surface area contributed by atoms with Gasteiger partial charge in [-0.3, -0.25) is 14.4 Å². The first-order valence-electron chi connectivity index (χ1n) is 15.1. The molecule has 3 N–H and O–H groups in total. The Morgan fingerprint density at radius 2 is 1.55 bits per heavy atom. The number of benzene rings is 2. The zero-order valence-electron chi connectivity index (χ0n) is 25.1. The zero-order valence-corrected chi connectivity index (χ0v) is 25.1. The minimum absolute atomic E-state index is 0.0732. The first-order chi connectivity index (χ1) is 20.4. The number of hydrogen-bond acceptors (Lipinski definition) is 6. The Morgan fingerprint density at radius 3 is 2.14 bits per heavy atom. The van der Waals surface area contributed by atoms with Crippen LogP contribution in [0.1, 0.15) is 74.8 Å². The fourth-order valence-corrected chi connectivity index (χ4v) is 6.52. The summed E-state index contributed by atoms with van der Waals surface area (Å²) in [5.41, 5.74) is 7.56. The molecule has 1 saturated carbocycles. The van der Waals surface area contributed by atoms with Crippen molar-refractivity contribution in [1.29, 1.82) is 0 Å². The highest BCUT2D eigenvalue weighted by Gasteiger charge is 2.40. The number of methoxy groups -OCH3 is 3. The normalized spacial score (nSPS) is 18.9. The number of nitrogens with one attached hydrogen (secondary N) is 1. The third kappa shape index (κ3) is 7.36. The number of nitrogens with zero attached hydrogens (tertiary/aromatic N) is 1. The number of ether oxygens (including phenoxy) is 3. The molecule has 0 radical (unpaired) electrons. The summed E-state index contributed by atoms with van der Waals surface area (Å²) in [5.74, 6) is 0.156. The van der Waals surface area contributed by atoms with Gasteiger partial charge >= 0.3 is 0 Å². The summed E-state index contributed by atoms with van der Waals surface area (Å²) < 4.78 is 16.8. The van der Waals surface area contributed by atoms with E-state index in [1.807, 2.05) is 42.5 Å². The van der Waals surface area contributed by atoms with Crippen molar-refractivity contribution in [2.24, 2.45) is 11.7 Å². The first-order valence-corrected chi connectivity index (χ1v) is 15.1. The molecular weight excluding hydrogens is 534 g/mol. The lowest BCUT2D eigenvalue weighted by atomic mass is 9.75. The van der Waals surface area contributed by atoms with Crippen LogP contribution in [0.5, 0.6) is 17.2 Å². The molecule has 9 nitrogen and oxygen atoms in total. The van der Waals surface area contributed by atoms with Gasteiger partial charge in [0.05, 0.1) is 27.2 Å². The highest BCUT2D eigenvalue weighted by molar-refractivity contribution is 5.93. The molecule has 2 aromatic carbocycles. The van der Waals surface area contributed by atoms with Crippen molar-refractivity contribution in [3.63, 3.8) is 0 Å². The highest BCUT2D eigenvalue weighted by Crippen LogP contribution is 2.45. The lowest BCUT2D eigenvalue weighted by Gasteiger charge is -2.40. The maximum atomic E-state index is 14.5. The smallest absolute Gasteiger partial charge is 0.243 e. The van der Waals surface area contributed by atoms with E-state index in [4.69, 9.17) is 19.9 Å². The zero-order chi connectivity index (χ0) is 30.1. The molecule has 3 amide bonds. The van der Waals surface area contributed by atoms with E-state index in [-0.39, 0.29) is 17.7 Å². The molecule has 2 aliphatic rings. The summed E-state index contributed by atoms with van der Waals surface area (Å²) in [6.07, 6.45) is 8.31. The number of amides is 3. The van der Waals surface area contributed by atoms with Crippen molar-refractivity contribution in [1.82, 2.24) is 10.2 Å². The Hall–Kier alpha value is -3.75.